The van der Waals surface area contributed by atoms with Crippen LogP contribution in [0.1, 0.15) is 22.9 Å². The molecular weight excluding hydrogens is 487 g/mol. The monoisotopic (exact) mass is 509 g/mol. The van der Waals surface area contributed by atoms with E-state index in [1.54, 1.807) is 14.2 Å². The van der Waals surface area contributed by atoms with Crippen molar-refractivity contribution < 1.29 is 47.0 Å². The van der Waals surface area contributed by atoms with Crippen molar-refractivity contribution in [2.45, 2.75) is 18.6 Å². The van der Waals surface area contributed by atoms with Gasteiger partial charge in [0.15, 0.2) is 0 Å². The van der Waals surface area contributed by atoms with Gasteiger partial charge in [-0.15, -0.1) is 0 Å². The van der Waals surface area contributed by atoms with Gasteiger partial charge in [0, 0.05) is 31.3 Å². The molecule has 13 heteroatoms. The Morgan fingerprint density at radius 3 is 2.19 bits per heavy atom. The lowest BCUT2D eigenvalue weighted by Gasteiger charge is -2.37. The lowest BCUT2D eigenvalue weighted by Crippen LogP contribution is -2.44. The summed E-state index contributed by atoms with van der Waals surface area (Å²) in [5, 5.41) is 18.6. The zero-order valence-corrected chi connectivity index (χ0v) is 19.2. The molecule has 10 nitrogen and oxygen atoms in total. The van der Waals surface area contributed by atoms with Crippen LogP contribution < -0.4 is 9.47 Å². The maximum absolute atomic E-state index is 12.9. The largest absolute Gasteiger partial charge is 0.497 e. The summed E-state index contributed by atoms with van der Waals surface area (Å²) in [5.74, 6) is -1.56. The van der Waals surface area contributed by atoms with Gasteiger partial charge in [0.05, 0.1) is 25.7 Å². The molecule has 192 valence electrons. The highest BCUT2D eigenvalue weighted by Gasteiger charge is 2.34. The Hall–Kier alpha value is -4.13. The highest BCUT2D eigenvalue weighted by Crippen LogP contribution is 2.33. The van der Waals surface area contributed by atoms with E-state index in [0.29, 0.717) is 25.5 Å². The minimum atomic E-state index is -4.42. The number of ether oxygens (including phenoxy) is 2. The third-order valence-electron chi connectivity index (χ3n) is 5.20. The van der Waals surface area contributed by atoms with E-state index in [-0.39, 0.29) is 17.3 Å². The molecule has 4 rings (SSSR count). The van der Waals surface area contributed by atoms with Gasteiger partial charge in [-0.2, -0.15) is 18.2 Å². The fourth-order valence-electron chi connectivity index (χ4n) is 3.42. The average molecular weight is 509 g/mol. The van der Waals surface area contributed by atoms with Crippen LogP contribution in [0.2, 0.25) is 0 Å². The number of halogens is 3. The van der Waals surface area contributed by atoms with E-state index in [0.717, 1.165) is 29.2 Å². The van der Waals surface area contributed by atoms with Crippen LogP contribution in [0.15, 0.2) is 47.0 Å². The first kappa shape index (κ1) is 26.5. The molecule has 1 saturated heterocycles. The van der Waals surface area contributed by atoms with Crippen LogP contribution in [-0.4, -0.2) is 64.5 Å². The third-order valence-corrected chi connectivity index (χ3v) is 5.20. The molecule has 0 spiro atoms. The van der Waals surface area contributed by atoms with Crippen molar-refractivity contribution in [3.05, 3.63) is 59.5 Å². The topological polar surface area (TPSA) is 135 Å². The summed E-state index contributed by atoms with van der Waals surface area (Å²) in [6.45, 7) is 2.13. The summed E-state index contributed by atoms with van der Waals surface area (Å²) in [6.07, 6.45) is -4.42. The molecule has 0 unspecified atom stereocenters. The molecule has 1 aromatic heterocycles. The molecule has 2 N–H and O–H groups in total. The fourth-order valence-corrected chi connectivity index (χ4v) is 3.42. The maximum Gasteiger partial charge on any atom is 0.416 e. The second-order valence-corrected chi connectivity index (χ2v) is 7.76. The van der Waals surface area contributed by atoms with Crippen LogP contribution in [0.4, 0.5) is 13.2 Å². The van der Waals surface area contributed by atoms with Crippen LogP contribution in [0.25, 0.3) is 11.4 Å². The number of hydrogen-bond acceptors (Lipinski definition) is 8. The summed E-state index contributed by atoms with van der Waals surface area (Å²) in [5.41, 5.74) is 0.592. The van der Waals surface area contributed by atoms with Gasteiger partial charge in [-0.3, -0.25) is 4.90 Å². The first-order valence-corrected chi connectivity index (χ1v) is 10.4. The van der Waals surface area contributed by atoms with Crippen molar-refractivity contribution >= 4 is 11.9 Å². The Morgan fingerprint density at radius 1 is 1.06 bits per heavy atom. The zero-order valence-electron chi connectivity index (χ0n) is 19.2. The number of methoxy groups -OCH3 is 2. The first-order valence-electron chi connectivity index (χ1n) is 10.4. The number of likely N-dealkylation sites (tertiary alicyclic amines) is 1. The van der Waals surface area contributed by atoms with Crippen molar-refractivity contribution in [1.82, 2.24) is 15.0 Å². The van der Waals surface area contributed by atoms with E-state index in [1.165, 1.54) is 12.1 Å². The number of aliphatic carboxylic acids is 2. The van der Waals surface area contributed by atoms with Crippen molar-refractivity contribution in [2.75, 3.05) is 27.3 Å². The Kier molecular flexibility index (Phi) is 8.14. The predicted octanol–water partition coefficient (Wildman–Crippen LogP) is 3.53. The van der Waals surface area contributed by atoms with Crippen molar-refractivity contribution in [2.24, 2.45) is 0 Å². The summed E-state index contributed by atoms with van der Waals surface area (Å²) in [4.78, 5) is 24.7. The van der Waals surface area contributed by atoms with Crippen LogP contribution >= 0.6 is 0 Å². The minimum Gasteiger partial charge on any atom is -0.497 e. The summed E-state index contributed by atoms with van der Waals surface area (Å²) < 4.78 is 54.6. The maximum atomic E-state index is 12.9. The quantitative estimate of drug-likeness (QED) is 0.475. The molecule has 0 amide bonds. The van der Waals surface area contributed by atoms with Gasteiger partial charge in [-0.25, -0.2) is 9.59 Å². The molecule has 1 fully saturated rings. The Labute approximate surface area is 202 Å². The predicted molar refractivity (Wildman–Crippen MR) is 118 cm³/mol. The standard InChI is InChI=1S/C21H20F3N3O3.C2H2O4/c1-28-17-6-13(7-18(9-17)29-2)10-27-11-15(12-27)20-25-19(26-30-20)14-4-3-5-16(8-14)21(22,23)24;3-1(4)2(5)6/h3-9,15H,10-12H2,1-2H3;(H,3,4)(H,5,6). The molecule has 1 aliphatic heterocycles. The molecule has 0 aliphatic carbocycles. The SMILES string of the molecule is COc1cc(CN2CC(c3nc(-c4cccc(C(F)(F)F)c4)no3)C2)cc(OC)c1.O=C(O)C(=O)O. The molecule has 2 aromatic carbocycles. The van der Waals surface area contributed by atoms with E-state index >= 15 is 0 Å². The molecule has 1 aliphatic rings. The number of carbonyl (C=O) groups is 2. The lowest BCUT2D eigenvalue weighted by molar-refractivity contribution is -0.159. The van der Waals surface area contributed by atoms with E-state index in [9.17, 15) is 13.2 Å². The van der Waals surface area contributed by atoms with Crippen molar-refractivity contribution in [1.29, 1.82) is 0 Å². The van der Waals surface area contributed by atoms with Crippen LogP contribution in [0.5, 0.6) is 11.5 Å². The molecule has 3 aromatic rings. The van der Waals surface area contributed by atoms with Crippen LogP contribution in [0.3, 0.4) is 0 Å². The number of hydrogen-bond donors (Lipinski definition) is 2. The summed E-state index contributed by atoms with van der Waals surface area (Å²) in [6, 6.07) is 10.6. The van der Waals surface area contributed by atoms with Gasteiger partial charge in [0.1, 0.15) is 11.5 Å². The van der Waals surface area contributed by atoms with Crippen LogP contribution in [-0.2, 0) is 22.3 Å². The molecule has 0 radical (unpaired) electrons. The second kappa shape index (κ2) is 11.1. The molecular formula is C23H22F3N3O7. The molecule has 0 saturated carbocycles. The molecule has 36 heavy (non-hydrogen) atoms. The number of alkyl halides is 3. The van der Waals surface area contributed by atoms with Gasteiger partial charge < -0.3 is 24.2 Å². The van der Waals surface area contributed by atoms with E-state index in [4.69, 9.17) is 33.8 Å². The van der Waals surface area contributed by atoms with E-state index < -0.39 is 23.7 Å². The normalized spacial score (nSPS) is 13.8. The zero-order chi connectivity index (χ0) is 26.5. The Bertz CT molecular complexity index is 1190. The smallest absolute Gasteiger partial charge is 0.416 e. The highest BCUT2D eigenvalue weighted by molar-refractivity contribution is 6.27. The van der Waals surface area contributed by atoms with Gasteiger partial charge >= 0.3 is 18.1 Å². The van der Waals surface area contributed by atoms with Crippen LogP contribution in [0, 0.1) is 0 Å². The second-order valence-electron chi connectivity index (χ2n) is 7.76. The number of rotatable bonds is 6. The molecule has 2 heterocycles. The van der Waals surface area contributed by atoms with Gasteiger partial charge in [-0.1, -0.05) is 17.3 Å². The van der Waals surface area contributed by atoms with Gasteiger partial charge in [-0.05, 0) is 29.8 Å². The number of aromatic nitrogens is 2. The fraction of sp³-hybridized carbons (Fsp3) is 0.304. The third kappa shape index (κ3) is 6.72. The van der Waals surface area contributed by atoms with Crippen molar-refractivity contribution in [3.63, 3.8) is 0 Å². The summed E-state index contributed by atoms with van der Waals surface area (Å²) in [7, 11) is 3.21. The van der Waals surface area contributed by atoms with Crippen molar-refractivity contribution in [3.8, 4) is 22.9 Å². The molecule has 0 bridgehead atoms. The summed E-state index contributed by atoms with van der Waals surface area (Å²) >= 11 is 0. The number of carboxylic acids is 2. The Balaban J connectivity index is 0.000000538. The average Bonchev–Trinajstić information content (AvgIpc) is 3.30. The van der Waals surface area contributed by atoms with E-state index in [1.807, 2.05) is 18.2 Å². The number of benzene rings is 2. The minimum absolute atomic E-state index is 0.0459. The highest BCUT2D eigenvalue weighted by atomic mass is 19.4. The number of carboxylic acid groups (broad SMARTS) is 2. The first-order chi connectivity index (χ1) is 17.0. The molecule has 0 atom stereocenters. The number of nitrogens with zero attached hydrogens (tertiary/aromatic N) is 3. The van der Waals surface area contributed by atoms with Gasteiger partial charge in [0.2, 0.25) is 11.7 Å². The van der Waals surface area contributed by atoms with E-state index in [2.05, 4.69) is 15.0 Å². The lowest BCUT2D eigenvalue weighted by atomic mass is 9.99. The van der Waals surface area contributed by atoms with Gasteiger partial charge in [0.25, 0.3) is 0 Å². The Morgan fingerprint density at radius 2 is 1.67 bits per heavy atom.